The summed E-state index contributed by atoms with van der Waals surface area (Å²) in [6.45, 7) is 0. The predicted octanol–water partition coefficient (Wildman–Crippen LogP) is 4.80. The van der Waals surface area contributed by atoms with Crippen molar-refractivity contribution in [1.82, 2.24) is 0 Å². The molecule has 0 atom stereocenters. The van der Waals surface area contributed by atoms with Crippen molar-refractivity contribution in [3.8, 4) is 0 Å². The molecular weight excluding hydrogens is 347 g/mol. The second kappa shape index (κ2) is 5.12. The number of alkyl halides is 12. The molecule has 0 N–H and O–H groups in total. The minimum atomic E-state index is -6.97. The van der Waals surface area contributed by atoms with Crippen molar-refractivity contribution in [3.63, 3.8) is 0 Å². The van der Waals surface area contributed by atoms with Gasteiger partial charge in [0, 0.05) is 0 Å². The summed E-state index contributed by atoms with van der Waals surface area (Å²) in [5.74, 6) is -17.2. The first-order chi connectivity index (χ1) is 8.88. The number of allylic oxidation sites excluding steroid dienone is 1. The molecule has 0 heterocycles. The van der Waals surface area contributed by atoms with Gasteiger partial charge >= 0.3 is 30.3 Å². The fourth-order valence-electron chi connectivity index (χ4n) is 0.574. The van der Waals surface area contributed by atoms with Gasteiger partial charge in [-0.1, -0.05) is 0 Å². The fraction of sp³-hybridized carbons (Fsp3) is 0.714. The smallest absolute Gasteiger partial charge is 0.433 e. The third-order valence-corrected chi connectivity index (χ3v) is 1.69. The molecule has 126 valence electrons. The van der Waals surface area contributed by atoms with Gasteiger partial charge in [-0.2, -0.15) is 52.7 Å². The Morgan fingerprint density at radius 1 is 0.667 bits per heavy atom. The van der Waals surface area contributed by atoms with Gasteiger partial charge in [-0.25, -0.2) is 4.39 Å². The van der Waals surface area contributed by atoms with Crippen LogP contribution in [0.25, 0.3) is 0 Å². The fourth-order valence-corrected chi connectivity index (χ4v) is 0.574. The summed E-state index contributed by atoms with van der Waals surface area (Å²) in [5, 5.41) is 0. The number of hydrogen-bond donors (Lipinski definition) is 0. The summed E-state index contributed by atoms with van der Waals surface area (Å²) >= 11 is 0. The SMILES string of the molecule is FC(=COC(F)(F)C(F)(F)C(F)(F)F)C(F)(F)C(F)(F)F. The van der Waals surface area contributed by atoms with Crippen LogP contribution < -0.4 is 0 Å². The minimum Gasteiger partial charge on any atom is -0.433 e. The van der Waals surface area contributed by atoms with Crippen LogP contribution >= 0.6 is 0 Å². The Labute approximate surface area is 106 Å². The van der Waals surface area contributed by atoms with Gasteiger partial charge in [0.2, 0.25) is 5.83 Å². The normalized spacial score (nSPS) is 16.1. The Balaban J connectivity index is 5.37. The summed E-state index contributed by atoms with van der Waals surface area (Å²) in [7, 11) is 0. The highest BCUT2D eigenvalue weighted by atomic mass is 19.4. The zero-order valence-electron chi connectivity index (χ0n) is 8.90. The van der Waals surface area contributed by atoms with Crippen LogP contribution in [0, 0.1) is 0 Å². The van der Waals surface area contributed by atoms with Crippen LogP contribution in [0.4, 0.5) is 57.1 Å². The van der Waals surface area contributed by atoms with Gasteiger partial charge in [0.15, 0.2) is 0 Å². The molecule has 0 aromatic carbocycles. The molecule has 21 heavy (non-hydrogen) atoms. The van der Waals surface area contributed by atoms with E-state index in [0.717, 1.165) is 0 Å². The molecule has 0 radical (unpaired) electrons. The maximum atomic E-state index is 12.3. The van der Waals surface area contributed by atoms with Crippen LogP contribution in [0.1, 0.15) is 0 Å². The second-order valence-electron chi connectivity index (χ2n) is 3.24. The molecule has 0 aliphatic carbocycles. The molecule has 0 saturated carbocycles. The summed E-state index contributed by atoms with van der Waals surface area (Å²) < 4.78 is 157. The summed E-state index contributed by atoms with van der Waals surface area (Å²) in [6, 6.07) is 0. The summed E-state index contributed by atoms with van der Waals surface area (Å²) in [6.07, 6.45) is -22.1. The number of halogens is 13. The molecule has 0 unspecified atom stereocenters. The van der Waals surface area contributed by atoms with E-state index in [0.29, 0.717) is 0 Å². The monoisotopic (exact) mass is 348 g/mol. The Bertz CT molecular complexity index is 400. The molecule has 0 rings (SSSR count). The Morgan fingerprint density at radius 2 is 1.05 bits per heavy atom. The van der Waals surface area contributed by atoms with Crippen LogP contribution in [-0.2, 0) is 4.74 Å². The van der Waals surface area contributed by atoms with Crippen LogP contribution in [-0.4, -0.2) is 30.3 Å². The van der Waals surface area contributed by atoms with Crippen molar-refractivity contribution in [2.45, 2.75) is 30.3 Å². The van der Waals surface area contributed by atoms with E-state index < -0.39 is 42.4 Å². The largest absolute Gasteiger partial charge is 0.473 e. The Kier molecular flexibility index (Phi) is 4.79. The highest BCUT2D eigenvalue weighted by molar-refractivity contribution is 5.05. The maximum Gasteiger partial charge on any atom is 0.473 e. The first-order valence-electron chi connectivity index (χ1n) is 4.19. The highest BCUT2D eigenvalue weighted by Gasteiger charge is 2.75. The molecular formula is C7HF13O. The lowest BCUT2D eigenvalue weighted by Crippen LogP contribution is -2.52. The minimum absolute atomic E-state index is 1.87. The van der Waals surface area contributed by atoms with Gasteiger partial charge in [0.05, 0.1) is 0 Å². The van der Waals surface area contributed by atoms with Crippen molar-refractivity contribution >= 4 is 0 Å². The van der Waals surface area contributed by atoms with Gasteiger partial charge < -0.3 is 4.74 Å². The topological polar surface area (TPSA) is 9.23 Å². The van der Waals surface area contributed by atoms with E-state index in [-0.39, 0.29) is 0 Å². The molecule has 0 fully saturated rings. The molecule has 1 nitrogen and oxygen atoms in total. The van der Waals surface area contributed by atoms with Crippen molar-refractivity contribution in [2.75, 3.05) is 0 Å². The number of hydrogen-bond acceptors (Lipinski definition) is 1. The lowest BCUT2D eigenvalue weighted by atomic mass is 10.3. The van der Waals surface area contributed by atoms with Crippen molar-refractivity contribution in [3.05, 3.63) is 12.1 Å². The molecule has 0 bridgehead atoms. The summed E-state index contributed by atoms with van der Waals surface area (Å²) in [5.41, 5.74) is 0. The van der Waals surface area contributed by atoms with E-state index in [1.165, 1.54) is 0 Å². The standard InChI is InChI=1S/C7HF13O/c8-2(3(9,10)5(13,14)15)1-21-7(19,20)4(11,12)6(16,17)18/h1H. The molecule has 0 amide bonds. The van der Waals surface area contributed by atoms with Gasteiger partial charge in [0.1, 0.15) is 6.26 Å². The van der Waals surface area contributed by atoms with Crippen molar-refractivity contribution in [2.24, 2.45) is 0 Å². The molecule has 0 aliphatic heterocycles. The van der Waals surface area contributed by atoms with Crippen LogP contribution in [0.3, 0.4) is 0 Å². The maximum absolute atomic E-state index is 12.3. The van der Waals surface area contributed by atoms with Gasteiger partial charge in [0.25, 0.3) is 0 Å². The van der Waals surface area contributed by atoms with E-state index in [1.807, 2.05) is 0 Å². The molecule has 0 aromatic heterocycles. The lowest BCUT2D eigenvalue weighted by molar-refractivity contribution is -0.413. The molecule has 0 saturated heterocycles. The average molecular weight is 348 g/mol. The van der Waals surface area contributed by atoms with E-state index in [9.17, 15) is 57.1 Å². The zero-order chi connectivity index (χ0) is 17.5. The average Bonchev–Trinajstić information content (AvgIpc) is 2.22. The number of ether oxygens (including phenoxy) is 1. The quantitative estimate of drug-likeness (QED) is 0.524. The molecule has 14 heteroatoms. The zero-order valence-corrected chi connectivity index (χ0v) is 8.90. The highest BCUT2D eigenvalue weighted by Crippen LogP contribution is 2.48. The van der Waals surface area contributed by atoms with Crippen LogP contribution in [0.15, 0.2) is 12.1 Å². The van der Waals surface area contributed by atoms with Crippen molar-refractivity contribution < 1.29 is 61.8 Å². The number of rotatable bonds is 4. The van der Waals surface area contributed by atoms with Crippen LogP contribution in [0.2, 0.25) is 0 Å². The Morgan fingerprint density at radius 3 is 1.33 bits per heavy atom. The van der Waals surface area contributed by atoms with E-state index in [1.54, 1.807) is 0 Å². The second-order valence-corrected chi connectivity index (χ2v) is 3.24. The van der Waals surface area contributed by atoms with Crippen molar-refractivity contribution in [1.29, 1.82) is 0 Å². The lowest BCUT2D eigenvalue weighted by Gasteiger charge is -2.27. The molecule has 0 spiro atoms. The molecule has 0 aliphatic rings. The third-order valence-electron chi connectivity index (χ3n) is 1.69. The Hall–Kier alpha value is -1.37. The van der Waals surface area contributed by atoms with Gasteiger partial charge in [-0.3, -0.25) is 0 Å². The van der Waals surface area contributed by atoms with E-state index in [2.05, 4.69) is 4.74 Å². The first kappa shape index (κ1) is 19.6. The summed E-state index contributed by atoms with van der Waals surface area (Å²) in [4.78, 5) is 0. The molecule has 0 aromatic rings. The van der Waals surface area contributed by atoms with E-state index in [4.69, 9.17) is 0 Å². The van der Waals surface area contributed by atoms with Gasteiger partial charge in [-0.05, 0) is 0 Å². The predicted molar refractivity (Wildman–Crippen MR) is 37.2 cm³/mol. The van der Waals surface area contributed by atoms with E-state index >= 15 is 0 Å². The van der Waals surface area contributed by atoms with Gasteiger partial charge in [-0.15, -0.1) is 0 Å². The van der Waals surface area contributed by atoms with Crippen LogP contribution in [0.5, 0.6) is 0 Å². The third kappa shape index (κ3) is 3.64. The first-order valence-corrected chi connectivity index (χ1v) is 4.19.